The molecule has 134 valence electrons. The second-order valence-corrected chi connectivity index (χ2v) is 7.19. The number of hydrogen-bond donors (Lipinski definition) is 1. The third-order valence-corrected chi connectivity index (χ3v) is 5.19. The molecule has 3 rings (SSSR count). The van der Waals surface area contributed by atoms with Crippen LogP contribution in [0.2, 0.25) is 5.02 Å². The number of benzene rings is 2. The number of hydrogen-bond acceptors (Lipinski definition) is 4. The van der Waals surface area contributed by atoms with E-state index >= 15 is 0 Å². The molecule has 0 spiro atoms. The van der Waals surface area contributed by atoms with Crippen LogP contribution in [0.25, 0.3) is 6.08 Å². The number of nitrogens with one attached hydrogen (secondary N) is 1. The molecule has 2 aromatic carbocycles. The number of carbonyl (C=O) groups is 1. The van der Waals surface area contributed by atoms with Gasteiger partial charge < -0.3 is 10.2 Å². The number of nitrogens with zero attached hydrogens (tertiary/aromatic N) is 2. The van der Waals surface area contributed by atoms with Gasteiger partial charge in [0.05, 0.1) is 10.6 Å². The largest absolute Gasteiger partial charge is 0.372 e. The van der Waals surface area contributed by atoms with Crippen LogP contribution in [0, 0.1) is 0 Å². The predicted octanol–water partition coefficient (Wildman–Crippen LogP) is 5.08. The molecule has 1 heterocycles. The van der Waals surface area contributed by atoms with Gasteiger partial charge in [0.1, 0.15) is 0 Å². The zero-order chi connectivity index (χ0) is 18.5. The van der Waals surface area contributed by atoms with Crippen molar-refractivity contribution in [1.82, 2.24) is 5.32 Å². The van der Waals surface area contributed by atoms with Crippen LogP contribution in [0.4, 0.5) is 11.4 Å². The fraction of sp³-hybridized carbons (Fsp3) is 0.200. The Bertz CT molecular complexity index is 840. The summed E-state index contributed by atoms with van der Waals surface area (Å²) < 4.78 is 0. The third kappa shape index (κ3) is 4.48. The van der Waals surface area contributed by atoms with Crippen LogP contribution < -0.4 is 10.2 Å². The molecule has 6 heteroatoms. The number of rotatable bonds is 5. The number of amides is 1. The summed E-state index contributed by atoms with van der Waals surface area (Å²) in [5, 5.41) is 4.07. The van der Waals surface area contributed by atoms with Crippen molar-refractivity contribution < 1.29 is 4.79 Å². The quantitative estimate of drug-likeness (QED) is 0.730. The van der Waals surface area contributed by atoms with Gasteiger partial charge in [-0.15, -0.1) is 0 Å². The van der Waals surface area contributed by atoms with E-state index < -0.39 is 0 Å². The van der Waals surface area contributed by atoms with Gasteiger partial charge in [0.2, 0.25) is 0 Å². The molecule has 0 radical (unpaired) electrons. The Labute approximate surface area is 163 Å². The second kappa shape index (κ2) is 8.43. The molecule has 1 fully saturated rings. The van der Waals surface area contributed by atoms with Crippen molar-refractivity contribution in [2.24, 2.45) is 4.99 Å². The zero-order valence-electron chi connectivity index (χ0n) is 14.7. The number of amidine groups is 1. The standard InChI is InChI=1S/C20H20ClN3OS/c1-3-24(4-2)17-11-9-16(10-12-17)22-20-23-19(25)18(26-20)13-14-5-7-15(21)8-6-14/h5-13H,3-4H2,1-2H3,(H,22,23,25)/b18-13-. The van der Waals surface area contributed by atoms with Gasteiger partial charge in [0.25, 0.3) is 5.91 Å². The van der Waals surface area contributed by atoms with Crippen molar-refractivity contribution in [3.63, 3.8) is 0 Å². The predicted molar refractivity (Wildman–Crippen MR) is 112 cm³/mol. The van der Waals surface area contributed by atoms with E-state index in [1.807, 2.05) is 30.3 Å². The maximum atomic E-state index is 12.2. The Morgan fingerprint density at radius 1 is 1.08 bits per heavy atom. The van der Waals surface area contributed by atoms with Crippen LogP contribution in [0.1, 0.15) is 19.4 Å². The summed E-state index contributed by atoms with van der Waals surface area (Å²) in [6, 6.07) is 15.4. The maximum Gasteiger partial charge on any atom is 0.264 e. The first-order valence-electron chi connectivity index (χ1n) is 8.49. The van der Waals surface area contributed by atoms with Crippen LogP contribution >= 0.6 is 23.4 Å². The minimum atomic E-state index is -0.136. The molecule has 1 aliphatic rings. The SMILES string of the molecule is CCN(CC)c1ccc(N=C2NC(=O)/C(=C/c3ccc(Cl)cc3)S2)cc1. The molecule has 0 aromatic heterocycles. The van der Waals surface area contributed by atoms with Crippen molar-refractivity contribution in [1.29, 1.82) is 0 Å². The van der Waals surface area contributed by atoms with E-state index in [9.17, 15) is 4.79 Å². The Hall–Kier alpha value is -2.24. The van der Waals surface area contributed by atoms with Gasteiger partial charge in [-0.05, 0) is 73.6 Å². The molecule has 1 amide bonds. The molecule has 1 aliphatic heterocycles. The van der Waals surface area contributed by atoms with Crippen molar-refractivity contribution in [3.05, 3.63) is 64.0 Å². The minimum absolute atomic E-state index is 0.136. The van der Waals surface area contributed by atoms with Gasteiger partial charge in [0.15, 0.2) is 5.17 Å². The first-order valence-corrected chi connectivity index (χ1v) is 9.68. The van der Waals surface area contributed by atoms with Crippen LogP contribution in [0.5, 0.6) is 0 Å². The van der Waals surface area contributed by atoms with Gasteiger partial charge in [-0.2, -0.15) is 0 Å². The first-order chi connectivity index (χ1) is 12.6. The molecule has 0 bridgehead atoms. The lowest BCUT2D eigenvalue weighted by atomic mass is 10.2. The maximum absolute atomic E-state index is 12.2. The number of aliphatic imine (C=N–C) groups is 1. The topological polar surface area (TPSA) is 44.7 Å². The fourth-order valence-corrected chi connectivity index (χ4v) is 3.60. The fourth-order valence-electron chi connectivity index (χ4n) is 2.63. The molecule has 4 nitrogen and oxygen atoms in total. The highest BCUT2D eigenvalue weighted by atomic mass is 35.5. The van der Waals surface area contributed by atoms with Gasteiger partial charge in [-0.25, -0.2) is 4.99 Å². The van der Waals surface area contributed by atoms with Gasteiger partial charge >= 0.3 is 0 Å². The molecular weight excluding hydrogens is 366 g/mol. The highest BCUT2D eigenvalue weighted by Gasteiger charge is 2.23. The average molecular weight is 386 g/mol. The minimum Gasteiger partial charge on any atom is -0.372 e. The Balaban J connectivity index is 1.74. The zero-order valence-corrected chi connectivity index (χ0v) is 16.3. The average Bonchev–Trinajstić information content (AvgIpc) is 2.98. The summed E-state index contributed by atoms with van der Waals surface area (Å²) in [6.07, 6.45) is 1.84. The van der Waals surface area contributed by atoms with E-state index in [1.54, 1.807) is 12.1 Å². The molecule has 0 atom stereocenters. The molecule has 2 aromatic rings. The number of carbonyl (C=O) groups excluding carboxylic acids is 1. The monoisotopic (exact) mass is 385 g/mol. The van der Waals surface area contributed by atoms with Crippen molar-refractivity contribution in [3.8, 4) is 0 Å². The Morgan fingerprint density at radius 2 is 1.73 bits per heavy atom. The second-order valence-electron chi connectivity index (χ2n) is 5.72. The molecular formula is C20H20ClN3OS. The summed E-state index contributed by atoms with van der Waals surface area (Å²) in [5.41, 5.74) is 2.92. The highest BCUT2D eigenvalue weighted by molar-refractivity contribution is 8.18. The van der Waals surface area contributed by atoms with E-state index in [-0.39, 0.29) is 5.91 Å². The molecule has 1 N–H and O–H groups in total. The lowest BCUT2D eigenvalue weighted by Gasteiger charge is -2.20. The van der Waals surface area contributed by atoms with Crippen LogP contribution in [-0.4, -0.2) is 24.2 Å². The lowest BCUT2D eigenvalue weighted by molar-refractivity contribution is -0.115. The number of thioether (sulfide) groups is 1. The van der Waals surface area contributed by atoms with E-state index in [0.717, 1.165) is 24.3 Å². The normalized spacial score (nSPS) is 17.0. The summed E-state index contributed by atoms with van der Waals surface area (Å²) in [5.74, 6) is -0.136. The molecule has 0 saturated carbocycles. The number of anilines is 1. The highest BCUT2D eigenvalue weighted by Crippen LogP contribution is 2.29. The Kier molecular flexibility index (Phi) is 6.01. The number of halogens is 1. The summed E-state index contributed by atoms with van der Waals surface area (Å²) in [7, 11) is 0. The summed E-state index contributed by atoms with van der Waals surface area (Å²) in [6.45, 7) is 6.21. The summed E-state index contributed by atoms with van der Waals surface area (Å²) >= 11 is 7.23. The molecule has 0 unspecified atom stereocenters. The van der Waals surface area contributed by atoms with Crippen molar-refractivity contribution >= 4 is 51.9 Å². The van der Waals surface area contributed by atoms with Crippen LogP contribution in [-0.2, 0) is 4.79 Å². The van der Waals surface area contributed by atoms with E-state index in [2.05, 4.69) is 41.2 Å². The van der Waals surface area contributed by atoms with Crippen LogP contribution in [0.15, 0.2) is 58.4 Å². The molecule has 0 aliphatic carbocycles. The smallest absolute Gasteiger partial charge is 0.264 e. The van der Waals surface area contributed by atoms with Gasteiger partial charge in [0, 0.05) is 23.8 Å². The van der Waals surface area contributed by atoms with Crippen molar-refractivity contribution in [2.45, 2.75) is 13.8 Å². The lowest BCUT2D eigenvalue weighted by Crippen LogP contribution is -2.21. The first kappa shape index (κ1) is 18.5. The van der Waals surface area contributed by atoms with E-state index in [0.29, 0.717) is 15.1 Å². The third-order valence-electron chi connectivity index (χ3n) is 4.03. The van der Waals surface area contributed by atoms with Crippen LogP contribution in [0.3, 0.4) is 0 Å². The van der Waals surface area contributed by atoms with E-state index in [1.165, 1.54) is 17.4 Å². The van der Waals surface area contributed by atoms with Gasteiger partial charge in [-0.1, -0.05) is 23.7 Å². The summed E-state index contributed by atoms with van der Waals surface area (Å²) in [4.78, 5) is 19.6. The molecule has 26 heavy (non-hydrogen) atoms. The van der Waals surface area contributed by atoms with Gasteiger partial charge in [-0.3, -0.25) is 4.79 Å². The van der Waals surface area contributed by atoms with E-state index in [4.69, 9.17) is 11.6 Å². The molecule has 1 saturated heterocycles. The van der Waals surface area contributed by atoms with Crippen molar-refractivity contribution in [2.75, 3.05) is 18.0 Å². The Morgan fingerprint density at radius 3 is 2.35 bits per heavy atom.